The summed E-state index contributed by atoms with van der Waals surface area (Å²) in [6.45, 7) is 9.70. The van der Waals surface area contributed by atoms with Crippen molar-refractivity contribution in [2.24, 2.45) is 51.3 Å². The van der Waals surface area contributed by atoms with Gasteiger partial charge >= 0.3 is 0 Å². The second-order valence-electron chi connectivity index (χ2n) is 24.3. The van der Waals surface area contributed by atoms with Crippen LogP contribution < -0.4 is 27.8 Å². The third kappa shape index (κ3) is 12.8. The molecule has 16 heteroatoms. The first-order chi connectivity index (χ1) is 39.1. The lowest BCUT2D eigenvalue weighted by Gasteiger charge is -2.56. The summed E-state index contributed by atoms with van der Waals surface area (Å²) in [5.41, 5.74) is 23.2. The van der Waals surface area contributed by atoms with Gasteiger partial charge in [0.05, 0.1) is 30.0 Å². The molecule has 0 radical (unpaired) electrons. The van der Waals surface area contributed by atoms with Gasteiger partial charge in [-0.15, -0.1) is 0 Å². The van der Waals surface area contributed by atoms with E-state index in [1.807, 2.05) is 69.3 Å². The first kappa shape index (κ1) is 60.4. The zero-order valence-electron chi connectivity index (χ0n) is 47.6. The maximum atomic E-state index is 15.3. The Morgan fingerprint density at radius 2 is 1.70 bits per heavy atom. The highest BCUT2D eigenvalue weighted by Crippen LogP contribution is 2.66. The molecule has 15 N–H and O–H groups in total. The van der Waals surface area contributed by atoms with Gasteiger partial charge in [-0.3, -0.25) is 19.9 Å². The summed E-state index contributed by atoms with van der Waals surface area (Å²) < 4.78 is 6.61. The molecule has 0 saturated heterocycles. The number of hydrogen-bond acceptors (Lipinski definition) is 13. The van der Waals surface area contributed by atoms with Crippen LogP contribution in [0.4, 0.5) is 0 Å². The van der Waals surface area contributed by atoms with Crippen molar-refractivity contribution in [2.75, 3.05) is 19.7 Å². The molecule has 0 aromatic heterocycles. The molecule has 3 heterocycles. The van der Waals surface area contributed by atoms with Crippen molar-refractivity contribution in [1.29, 1.82) is 0 Å². The van der Waals surface area contributed by atoms with Gasteiger partial charge in [0.15, 0.2) is 17.5 Å². The molecule has 6 aliphatic rings. The average molecular weight is 1120 g/mol. The molecule has 3 aliphatic carbocycles. The van der Waals surface area contributed by atoms with Gasteiger partial charge in [0.2, 0.25) is 5.91 Å². The quantitative estimate of drug-likeness (QED) is 0.0492. The molecule has 3 fully saturated rings. The van der Waals surface area contributed by atoms with E-state index < -0.39 is 83.0 Å². The summed E-state index contributed by atoms with van der Waals surface area (Å²) in [4.78, 5) is 34.0. The monoisotopic (exact) mass is 1120 g/mol. The predicted octanol–water partition coefficient (Wildman–Crippen LogP) is 5.69. The number of fused-ring (bicyclic) bond motifs is 7. The van der Waals surface area contributed by atoms with Crippen LogP contribution in [0.25, 0.3) is 0 Å². The molecule has 82 heavy (non-hydrogen) atoms. The highest BCUT2D eigenvalue weighted by Gasteiger charge is 2.67. The number of aliphatic hydroxyl groups excluding tert-OH is 3. The van der Waals surface area contributed by atoms with E-state index in [0.717, 1.165) is 46.3 Å². The summed E-state index contributed by atoms with van der Waals surface area (Å²) in [5.74, 6) is 1.15. The molecule has 3 saturated carbocycles. The van der Waals surface area contributed by atoms with Crippen molar-refractivity contribution in [3.05, 3.63) is 159 Å². The van der Waals surface area contributed by atoms with Gasteiger partial charge in [-0.2, -0.15) is 0 Å². The summed E-state index contributed by atoms with van der Waals surface area (Å²) in [7, 11) is 0. The molecule has 3 aliphatic heterocycles. The standard InChI is InChI=1S/C66H84N6O10/c1-38-11-5-6-30-82-56-19-10-16-45-35-65(60(77)58(45)49(56)17-7-12-39(2)66(80,81)29-26-38)53-25-24-47(74)32-41-13-8-14-42(31-41)33-51(52(36-71-63(68)69)43-20-22-46(73)23-21-43)55(76)37-70-59-57-44(15-9-18-50(57)61(67)72-62(59)78)34-54(75)40(3)48(53)27-28-64(65,4)79/h7-9,12-15,17-18,20-23,26,31,45,47,51-53,55-56,58-61,70,73-74,76-77,79-81H,2,10-11,16,19,24-25,27-30,32-37,67H2,1,3-4H3,(H,72,78)(H4,68,69,71)/b12-7+,38-26+,48-40+,49-17-/t45-,47+,51-,52+,53+,55+,56-,58+,59-,60+,61-,64+,65+/m0/s1. The van der Waals surface area contributed by atoms with Crippen LogP contribution in [-0.2, 0) is 33.6 Å². The molecule has 0 unspecified atom stereocenters. The lowest BCUT2D eigenvalue weighted by molar-refractivity contribution is -0.169. The minimum atomic E-state index is -2.21. The average Bonchev–Trinajstić information content (AvgIpc) is 1.68. The lowest BCUT2D eigenvalue weighted by atomic mass is 9.52. The van der Waals surface area contributed by atoms with E-state index in [4.69, 9.17) is 21.9 Å². The van der Waals surface area contributed by atoms with Crippen molar-refractivity contribution in [1.82, 2.24) is 10.6 Å². The Morgan fingerprint density at radius 1 is 0.951 bits per heavy atom. The molecule has 1 amide bonds. The smallest absolute Gasteiger partial charge is 0.243 e. The maximum Gasteiger partial charge on any atom is 0.243 e. The van der Waals surface area contributed by atoms with E-state index in [1.54, 1.807) is 42.5 Å². The van der Waals surface area contributed by atoms with Crippen LogP contribution in [0, 0.1) is 40.9 Å². The van der Waals surface area contributed by atoms with Crippen LogP contribution in [0.15, 0.2) is 130 Å². The number of nitrogens with zero attached hydrogens (tertiary/aromatic N) is 1. The number of benzene rings is 3. The normalized spacial score (nSPS) is 35.0. The number of phenols is 1. The number of aliphatic imine (C=N–C) groups is 1. The van der Waals surface area contributed by atoms with Crippen molar-refractivity contribution < 1.29 is 50.1 Å². The zero-order valence-corrected chi connectivity index (χ0v) is 47.6. The van der Waals surface area contributed by atoms with Gasteiger partial charge in [0.1, 0.15) is 24.6 Å². The number of carbonyl (C=O) groups is 2. The molecule has 13 atom stereocenters. The Bertz CT molecular complexity index is 3090. The topological polar surface area (TPSA) is 299 Å². The van der Waals surface area contributed by atoms with Crippen LogP contribution >= 0.6 is 0 Å². The largest absolute Gasteiger partial charge is 0.508 e. The maximum absolute atomic E-state index is 15.3. The number of nitrogens with two attached hydrogens (primary N) is 3. The number of ether oxygens (including phenoxy) is 1. The third-order valence-electron chi connectivity index (χ3n) is 19.1. The second kappa shape index (κ2) is 25.3. The summed E-state index contributed by atoms with van der Waals surface area (Å²) in [6.07, 6.45) is 7.14. The molecule has 16 nitrogen and oxygen atoms in total. The molecule has 3 aromatic rings. The van der Waals surface area contributed by atoms with Crippen LogP contribution in [-0.4, -0.2) is 109 Å². The Balaban J connectivity index is 1.14. The van der Waals surface area contributed by atoms with Gasteiger partial charge in [-0.25, -0.2) is 0 Å². The Kier molecular flexibility index (Phi) is 18.6. The predicted molar refractivity (Wildman–Crippen MR) is 315 cm³/mol. The van der Waals surface area contributed by atoms with Gasteiger partial charge in [0.25, 0.3) is 0 Å². The van der Waals surface area contributed by atoms with Crippen LogP contribution in [0.5, 0.6) is 5.75 Å². The highest BCUT2D eigenvalue weighted by molar-refractivity contribution is 5.98. The number of guanidine groups is 1. The number of phenolic OH excluding ortho intramolecular Hbond substituents is 1. The van der Waals surface area contributed by atoms with Crippen LogP contribution in [0.2, 0.25) is 0 Å². The van der Waals surface area contributed by atoms with E-state index in [9.17, 15) is 40.5 Å². The number of rotatable bonds is 4. The molecular formula is C66H84N6O10. The van der Waals surface area contributed by atoms with Gasteiger partial charge in [-0.1, -0.05) is 115 Å². The van der Waals surface area contributed by atoms with Crippen molar-refractivity contribution in [2.45, 2.75) is 158 Å². The van der Waals surface area contributed by atoms with E-state index >= 15 is 4.79 Å². The molecule has 3 aromatic carbocycles. The zero-order chi connectivity index (χ0) is 58.7. The third-order valence-corrected chi connectivity index (χ3v) is 19.1. The second-order valence-corrected chi connectivity index (χ2v) is 24.3. The summed E-state index contributed by atoms with van der Waals surface area (Å²) in [5, 5.41) is 90.2. The molecule has 1 spiro atoms. The number of aromatic hydroxyl groups is 1. The minimum Gasteiger partial charge on any atom is -0.508 e. The van der Waals surface area contributed by atoms with Crippen molar-refractivity contribution in [3.8, 4) is 17.6 Å². The van der Waals surface area contributed by atoms with E-state index in [-0.39, 0.29) is 80.8 Å². The first-order valence-corrected chi connectivity index (χ1v) is 29.2. The summed E-state index contributed by atoms with van der Waals surface area (Å²) >= 11 is 0. The highest BCUT2D eigenvalue weighted by atomic mass is 16.5. The number of Topliss-reactive ketones (excluding diaryl/α,β-unsaturated/α-hetero) is 1. The molecule has 2 bridgehead atoms. The SMILES string of the molecule is C=C1/C=C/C=C2\[C@H]3[C@@H](CCC[C@@H]2OCC#CC/C(C)=C/CC1(O)O)C[C@@]1([C@@H]2CC[C@@H](O)Cc4cccc(c4)C[C@@H]([C@H](CN=C(N)N)c4ccc(O)cc4)[C@H](O)CN[C@@H]4C(=O)N[C@H](N)c5cccc(c54)CC(=O)/C(C)=C/2CC[C@@]1(C)O)[C@@H]3O. The number of hydrogen-bond donors (Lipinski definition) is 12. The number of carbonyl (C=O) groups excluding carboxylic acids is 2. The fraction of sp³-hybridized carbons (Fsp3) is 0.500. The fourth-order valence-corrected chi connectivity index (χ4v) is 14.7. The van der Waals surface area contributed by atoms with E-state index in [2.05, 4.69) is 34.0 Å². The molecule has 9 rings (SSSR count). The number of amides is 1. The van der Waals surface area contributed by atoms with Crippen LogP contribution in [0.1, 0.15) is 136 Å². The fourth-order valence-electron chi connectivity index (χ4n) is 14.7. The van der Waals surface area contributed by atoms with E-state index in [1.165, 1.54) is 0 Å². The van der Waals surface area contributed by atoms with Gasteiger partial charge in [0, 0.05) is 55.2 Å². The number of allylic oxidation sites excluding steroid dienone is 5. The van der Waals surface area contributed by atoms with Gasteiger partial charge in [-0.05, 0) is 153 Å². The van der Waals surface area contributed by atoms with Crippen molar-refractivity contribution >= 4 is 17.6 Å². The first-order valence-electron chi connectivity index (χ1n) is 29.2. The van der Waals surface area contributed by atoms with E-state index in [0.29, 0.717) is 60.8 Å². The molecular weight excluding hydrogens is 1040 g/mol. The number of β-amino-alcohol motifs (C(OH)–C–C–N with tert-alkyl or cyclic N) is 1. The number of aliphatic hydroxyl groups is 6. The Hall–Kier alpha value is -6.23. The Morgan fingerprint density at radius 3 is 2.45 bits per heavy atom. The number of nitrogens with one attached hydrogen (secondary N) is 2. The Labute approximate surface area is 482 Å². The summed E-state index contributed by atoms with van der Waals surface area (Å²) in [6, 6.07) is 19.0. The minimum absolute atomic E-state index is 0.0650. The number of ketones is 1. The van der Waals surface area contributed by atoms with Crippen LogP contribution in [0.3, 0.4) is 0 Å². The molecule has 438 valence electrons. The van der Waals surface area contributed by atoms with Crippen molar-refractivity contribution in [3.63, 3.8) is 0 Å². The lowest BCUT2D eigenvalue weighted by Crippen LogP contribution is -2.59. The van der Waals surface area contributed by atoms with Gasteiger partial charge < -0.3 is 63.0 Å².